The van der Waals surface area contributed by atoms with Crippen molar-refractivity contribution in [2.45, 2.75) is 52.4 Å². The normalized spacial score (nSPS) is 20.8. The van der Waals surface area contributed by atoms with Gasteiger partial charge in [-0.15, -0.1) is 0 Å². The van der Waals surface area contributed by atoms with Crippen LogP contribution in [-0.4, -0.2) is 59.2 Å². The second-order valence-corrected chi connectivity index (χ2v) is 10.6. The number of amides is 1. The number of piperazine rings is 1. The molecule has 2 fully saturated rings. The molecule has 1 unspecified atom stereocenters. The number of allylic oxidation sites excluding steroid dienone is 5. The molecule has 1 aromatic heterocycles. The van der Waals surface area contributed by atoms with E-state index in [9.17, 15) is 9.59 Å². The molecule has 1 saturated carbocycles. The minimum Gasteiger partial charge on any atom is -0.435 e. The van der Waals surface area contributed by atoms with Crippen LogP contribution in [0.3, 0.4) is 0 Å². The van der Waals surface area contributed by atoms with E-state index in [2.05, 4.69) is 48.0 Å². The fraction of sp³-hybridized carbons (Fsp3) is 0.483. The third-order valence-corrected chi connectivity index (χ3v) is 7.91. The second kappa shape index (κ2) is 13.0. The molecule has 192 valence electrons. The maximum Gasteiger partial charge on any atom is 0.279 e. The van der Waals surface area contributed by atoms with Gasteiger partial charge >= 0.3 is 0 Å². The molecule has 7 heteroatoms. The lowest BCUT2D eigenvalue weighted by Crippen LogP contribution is -2.49. The predicted octanol–water partition coefficient (Wildman–Crippen LogP) is 5.77. The molecule has 0 N–H and O–H groups in total. The van der Waals surface area contributed by atoms with E-state index < -0.39 is 0 Å². The topological polar surface area (TPSA) is 62.7 Å². The van der Waals surface area contributed by atoms with Crippen molar-refractivity contribution in [1.29, 1.82) is 0 Å². The summed E-state index contributed by atoms with van der Waals surface area (Å²) in [6.07, 6.45) is 13.3. The van der Waals surface area contributed by atoms with E-state index in [0.29, 0.717) is 23.8 Å². The number of hydrogen-bond donors (Lipinski definition) is 0. The zero-order valence-electron chi connectivity index (χ0n) is 21.4. The Morgan fingerprint density at radius 2 is 1.94 bits per heavy atom. The summed E-state index contributed by atoms with van der Waals surface area (Å²) in [5.74, 6) is 1.44. The second-order valence-electron chi connectivity index (χ2n) is 9.63. The molecule has 3 aliphatic rings. The first kappa shape index (κ1) is 26.3. The monoisotopic (exact) mass is 507 g/mol. The average molecular weight is 508 g/mol. The molecule has 0 spiro atoms. The molecule has 0 radical (unpaired) electrons. The molecule has 1 saturated heterocycles. The van der Waals surface area contributed by atoms with E-state index in [-0.39, 0.29) is 11.8 Å². The Hall–Kier alpha value is -2.77. The highest BCUT2D eigenvalue weighted by Gasteiger charge is 2.28. The van der Waals surface area contributed by atoms with Crippen LogP contribution in [-0.2, 0) is 9.59 Å². The Balaban J connectivity index is 0.000000169. The van der Waals surface area contributed by atoms with E-state index in [0.717, 1.165) is 74.4 Å². The summed E-state index contributed by atoms with van der Waals surface area (Å²) in [7, 11) is 0. The maximum absolute atomic E-state index is 12.2. The molecule has 2 aromatic rings. The number of para-hydroxylation sites is 1. The number of hydrogen-bond acceptors (Lipinski definition) is 6. The van der Waals surface area contributed by atoms with Gasteiger partial charge < -0.3 is 14.5 Å². The first-order valence-corrected chi connectivity index (χ1v) is 13.9. The first-order chi connectivity index (χ1) is 17.5. The van der Waals surface area contributed by atoms with Gasteiger partial charge in [-0.3, -0.25) is 9.59 Å². The molecule has 1 aliphatic heterocycles. The van der Waals surface area contributed by atoms with E-state index in [1.807, 2.05) is 29.2 Å². The van der Waals surface area contributed by atoms with Crippen LogP contribution in [0, 0.1) is 5.92 Å². The minimum absolute atomic E-state index is 0.00968. The molecular formula is C29H37N3O3S. The Bertz CT molecular complexity index is 1110. The molecule has 0 bridgehead atoms. The van der Waals surface area contributed by atoms with Gasteiger partial charge in [0.25, 0.3) is 5.19 Å². The van der Waals surface area contributed by atoms with Gasteiger partial charge in [0.05, 0.1) is 10.2 Å². The van der Waals surface area contributed by atoms with Crippen molar-refractivity contribution in [3.05, 3.63) is 59.9 Å². The maximum atomic E-state index is 12.2. The number of rotatable bonds is 5. The third-order valence-electron chi connectivity index (χ3n) is 7.00. The molecule has 6 nitrogen and oxygen atoms in total. The Kier molecular flexibility index (Phi) is 9.47. The molecule has 1 amide bonds. The summed E-state index contributed by atoms with van der Waals surface area (Å²) in [6.45, 7) is 8.89. The van der Waals surface area contributed by atoms with Crippen molar-refractivity contribution in [3.8, 4) is 5.19 Å². The van der Waals surface area contributed by atoms with Gasteiger partial charge in [0, 0.05) is 51.4 Å². The molecule has 1 aromatic carbocycles. The number of aromatic nitrogens is 1. The smallest absolute Gasteiger partial charge is 0.279 e. The Morgan fingerprint density at radius 1 is 1.14 bits per heavy atom. The van der Waals surface area contributed by atoms with Crippen molar-refractivity contribution in [3.63, 3.8) is 0 Å². The van der Waals surface area contributed by atoms with Gasteiger partial charge in [0.15, 0.2) is 0 Å². The van der Waals surface area contributed by atoms with Crippen LogP contribution in [0.15, 0.2) is 59.9 Å². The van der Waals surface area contributed by atoms with Crippen molar-refractivity contribution in [1.82, 2.24) is 14.8 Å². The number of nitrogens with zero attached hydrogens (tertiary/aromatic N) is 3. The highest BCUT2D eigenvalue weighted by molar-refractivity contribution is 7.20. The number of carbonyl (C=O) groups is 2. The van der Waals surface area contributed by atoms with Crippen LogP contribution in [0.5, 0.6) is 5.19 Å². The molecule has 1 atom stereocenters. The van der Waals surface area contributed by atoms with Crippen molar-refractivity contribution < 1.29 is 14.3 Å². The summed E-state index contributed by atoms with van der Waals surface area (Å²) in [5.41, 5.74) is 2.23. The number of thiazole rings is 1. The lowest BCUT2D eigenvalue weighted by atomic mass is 9.85. The van der Waals surface area contributed by atoms with E-state index >= 15 is 0 Å². The molecule has 36 heavy (non-hydrogen) atoms. The lowest BCUT2D eigenvalue weighted by Gasteiger charge is -2.35. The highest BCUT2D eigenvalue weighted by atomic mass is 32.1. The number of benzene rings is 1. The standard InChI is InChI=1S/C15H13NOS.C14H24N2O2/c1-11-5-4-6-12(10-9-11)17-15-16-13-7-2-3-8-14(13)18-15;1-2-15-7-9-16(10-8-15)14(18)11-12-5-3-4-6-13(12)17/h2-5,7-10H,6H2,1H3;12H,2-11H2,1H3. The van der Waals surface area contributed by atoms with Crippen LogP contribution in [0.4, 0.5) is 0 Å². The zero-order chi connectivity index (χ0) is 25.3. The highest BCUT2D eigenvalue weighted by Crippen LogP contribution is 2.29. The summed E-state index contributed by atoms with van der Waals surface area (Å²) in [4.78, 5) is 32.7. The fourth-order valence-corrected chi connectivity index (χ4v) is 5.56. The van der Waals surface area contributed by atoms with Gasteiger partial charge in [0.2, 0.25) is 5.91 Å². The van der Waals surface area contributed by atoms with E-state index in [1.165, 1.54) is 5.57 Å². The number of ketones is 1. The Labute approximate surface area is 218 Å². The largest absolute Gasteiger partial charge is 0.435 e. The van der Waals surface area contributed by atoms with Crippen LogP contribution < -0.4 is 4.74 Å². The van der Waals surface area contributed by atoms with Crippen molar-refractivity contribution in [2.75, 3.05) is 32.7 Å². The fourth-order valence-electron chi connectivity index (χ4n) is 4.72. The van der Waals surface area contributed by atoms with Crippen LogP contribution in [0.1, 0.15) is 52.4 Å². The number of carbonyl (C=O) groups excluding carboxylic acids is 2. The van der Waals surface area contributed by atoms with E-state index in [1.54, 1.807) is 11.3 Å². The molecule has 5 rings (SSSR count). The number of fused-ring (bicyclic) bond motifs is 1. The number of ether oxygens (including phenoxy) is 1. The van der Waals surface area contributed by atoms with Crippen molar-refractivity contribution >= 4 is 33.2 Å². The predicted molar refractivity (Wildman–Crippen MR) is 146 cm³/mol. The van der Waals surface area contributed by atoms with Crippen molar-refractivity contribution in [2.24, 2.45) is 5.92 Å². The van der Waals surface area contributed by atoms with Crippen LogP contribution in [0.2, 0.25) is 0 Å². The summed E-state index contributed by atoms with van der Waals surface area (Å²) in [5, 5.41) is 0.712. The minimum atomic E-state index is 0.00968. The first-order valence-electron chi connectivity index (χ1n) is 13.1. The lowest BCUT2D eigenvalue weighted by molar-refractivity contribution is -0.137. The van der Waals surface area contributed by atoms with Gasteiger partial charge in [-0.25, -0.2) is 4.98 Å². The van der Waals surface area contributed by atoms with Gasteiger partial charge in [0.1, 0.15) is 11.5 Å². The number of likely N-dealkylation sites (N-methyl/N-ethyl adjacent to an activating group) is 1. The summed E-state index contributed by atoms with van der Waals surface area (Å²) >= 11 is 1.58. The molecule has 2 heterocycles. The summed E-state index contributed by atoms with van der Waals surface area (Å²) in [6, 6.07) is 8.07. The number of Topliss-reactive ketones (excluding diaryl/α,β-unsaturated/α-hetero) is 1. The average Bonchev–Trinajstić information content (AvgIpc) is 3.20. The molecular weight excluding hydrogens is 470 g/mol. The zero-order valence-corrected chi connectivity index (χ0v) is 22.3. The summed E-state index contributed by atoms with van der Waals surface area (Å²) < 4.78 is 7.00. The van der Waals surface area contributed by atoms with Gasteiger partial charge in [-0.05, 0) is 44.5 Å². The molecule has 2 aliphatic carbocycles. The SMILES string of the molecule is CC1=CC=C(Oc2nc3ccccc3s2)CC=C1.CCN1CCN(C(=O)CC2CCCCC2=O)CC1. The van der Waals surface area contributed by atoms with Crippen LogP contribution in [0.25, 0.3) is 10.2 Å². The quantitative estimate of drug-likeness (QED) is 0.515. The van der Waals surface area contributed by atoms with Crippen LogP contribution >= 0.6 is 11.3 Å². The van der Waals surface area contributed by atoms with Gasteiger partial charge in [-0.2, -0.15) is 0 Å². The van der Waals surface area contributed by atoms with Gasteiger partial charge in [-0.1, -0.05) is 60.6 Å². The third kappa shape index (κ3) is 7.37. The van der Waals surface area contributed by atoms with E-state index in [4.69, 9.17) is 4.74 Å². The Morgan fingerprint density at radius 3 is 2.69 bits per heavy atom.